The van der Waals surface area contributed by atoms with Gasteiger partial charge in [-0.3, -0.25) is 0 Å². The van der Waals surface area contributed by atoms with Crippen LogP contribution in [0.25, 0.3) is 0 Å². The Balaban J connectivity index is 2.28. The van der Waals surface area contributed by atoms with Crippen molar-refractivity contribution in [1.82, 2.24) is 5.32 Å². The molecule has 0 bridgehead atoms. The van der Waals surface area contributed by atoms with Gasteiger partial charge >= 0.3 is 0 Å². The van der Waals surface area contributed by atoms with Crippen molar-refractivity contribution in [3.63, 3.8) is 0 Å². The molecule has 0 unspecified atom stereocenters. The van der Waals surface area contributed by atoms with Crippen LogP contribution in [0.15, 0.2) is 15.9 Å². The largest absolute Gasteiger partial charge is 0.311 e. The van der Waals surface area contributed by atoms with Gasteiger partial charge in [-0.05, 0) is 27.4 Å². The summed E-state index contributed by atoms with van der Waals surface area (Å²) in [5, 5.41) is 5.51. The van der Waals surface area contributed by atoms with Gasteiger partial charge in [0.2, 0.25) is 0 Å². The maximum atomic E-state index is 5.83. The molecule has 0 aliphatic rings. The minimum atomic E-state index is 0.177. The van der Waals surface area contributed by atoms with Crippen LogP contribution in [0.5, 0.6) is 0 Å². The highest BCUT2D eigenvalue weighted by Gasteiger charge is 2.15. The van der Waals surface area contributed by atoms with Crippen LogP contribution in [-0.4, -0.2) is 12.4 Å². The lowest BCUT2D eigenvalue weighted by atomic mass is 9.97. The van der Waals surface area contributed by atoms with E-state index in [1.807, 2.05) is 0 Å². The van der Waals surface area contributed by atoms with Crippen LogP contribution in [0, 0.1) is 5.41 Å². The smallest absolute Gasteiger partial charge is 0.0300 e. The van der Waals surface area contributed by atoms with Gasteiger partial charge in [0.15, 0.2) is 0 Å². The maximum Gasteiger partial charge on any atom is 0.0300 e. The second-order valence-electron chi connectivity index (χ2n) is 4.13. The van der Waals surface area contributed by atoms with E-state index in [4.69, 9.17) is 11.6 Å². The van der Waals surface area contributed by atoms with E-state index < -0.39 is 0 Å². The first kappa shape index (κ1) is 12.5. The first-order chi connectivity index (χ1) is 6.53. The summed E-state index contributed by atoms with van der Waals surface area (Å²) < 4.78 is 1.16. The zero-order valence-electron chi connectivity index (χ0n) is 8.44. The van der Waals surface area contributed by atoms with E-state index >= 15 is 0 Å². The van der Waals surface area contributed by atoms with Crippen LogP contribution >= 0.6 is 38.9 Å². The van der Waals surface area contributed by atoms with Gasteiger partial charge in [0.25, 0.3) is 0 Å². The number of hydrogen-bond acceptors (Lipinski definition) is 2. The molecule has 14 heavy (non-hydrogen) atoms. The molecule has 80 valence electrons. The van der Waals surface area contributed by atoms with Gasteiger partial charge in [0.1, 0.15) is 0 Å². The average Bonchev–Trinajstić information content (AvgIpc) is 2.51. The van der Waals surface area contributed by atoms with Crippen molar-refractivity contribution in [1.29, 1.82) is 0 Å². The minimum Gasteiger partial charge on any atom is -0.311 e. The molecule has 1 N–H and O–H groups in total. The van der Waals surface area contributed by atoms with Gasteiger partial charge in [-0.2, -0.15) is 0 Å². The first-order valence-electron chi connectivity index (χ1n) is 4.53. The zero-order chi connectivity index (χ0) is 10.6. The average molecular weight is 297 g/mol. The van der Waals surface area contributed by atoms with E-state index in [2.05, 4.69) is 46.5 Å². The molecular weight excluding hydrogens is 282 g/mol. The molecule has 0 fully saturated rings. The fraction of sp³-hybridized carbons (Fsp3) is 0.600. The third kappa shape index (κ3) is 4.30. The van der Waals surface area contributed by atoms with Gasteiger partial charge < -0.3 is 5.32 Å². The third-order valence-electron chi connectivity index (χ3n) is 1.89. The van der Waals surface area contributed by atoms with Crippen LogP contribution in [0.4, 0.5) is 0 Å². The predicted octanol–water partition coefficient (Wildman–Crippen LogP) is 3.87. The highest BCUT2D eigenvalue weighted by atomic mass is 79.9. The van der Waals surface area contributed by atoms with Crippen LogP contribution < -0.4 is 5.32 Å². The number of hydrogen-bond donors (Lipinski definition) is 1. The molecule has 1 heterocycles. The number of rotatable bonds is 5. The van der Waals surface area contributed by atoms with Gasteiger partial charge in [-0.15, -0.1) is 22.9 Å². The number of nitrogens with one attached hydrogen (secondary N) is 1. The molecule has 0 aromatic carbocycles. The lowest BCUT2D eigenvalue weighted by Crippen LogP contribution is -2.30. The van der Waals surface area contributed by atoms with E-state index in [1.54, 1.807) is 11.3 Å². The summed E-state index contributed by atoms with van der Waals surface area (Å²) in [4.78, 5) is 1.35. The Hall–Kier alpha value is 0.430. The van der Waals surface area contributed by atoms with Crippen molar-refractivity contribution >= 4 is 38.9 Å². The van der Waals surface area contributed by atoms with Crippen molar-refractivity contribution in [2.45, 2.75) is 20.4 Å². The number of halogens is 2. The Morgan fingerprint density at radius 1 is 1.57 bits per heavy atom. The van der Waals surface area contributed by atoms with Crippen molar-refractivity contribution < 1.29 is 0 Å². The molecule has 1 aromatic rings. The second kappa shape index (κ2) is 5.50. The highest BCUT2D eigenvalue weighted by molar-refractivity contribution is 9.10. The monoisotopic (exact) mass is 295 g/mol. The summed E-state index contributed by atoms with van der Waals surface area (Å²) in [6.45, 7) is 6.21. The molecule has 0 atom stereocenters. The van der Waals surface area contributed by atoms with Crippen molar-refractivity contribution in [3.8, 4) is 0 Å². The molecule has 0 saturated carbocycles. The highest BCUT2D eigenvalue weighted by Crippen LogP contribution is 2.20. The molecule has 1 nitrogen and oxygen atoms in total. The van der Waals surface area contributed by atoms with Crippen molar-refractivity contribution in [3.05, 3.63) is 20.8 Å². The third-order valence-corrected chi connectivity index (χ3v) is 4.31. The summed E-state index contributed by atoms with van der Waals surface area (Å²) >= 11 is 11.0. The molecule has 0 amide bonds. The van der Waals surface area contributed by atoms with E-state index in [1.165, 1.54) is 4.88 Å². The summed E-state index contributed by atoms with van der Waals surface area (Å²) in [5.41, 5.74) is 0.177. The van der Waals surface area contributed by atoms with Crippen molar-refractivity contribution in [2.75, 3.05) is 12.4 Å². The molecule has 1 rings (SSSR count). The Kier molecular flexibility index (Phi) is 4.91. The summed E-state index contributed by atoms with van der Waals surface area (Å²) in [6, 6.07) is 2.14. The van der Waals surface area contributed by atoms with Crippen LogP contribution in [0.3, 0.4) is 0 Å². The van der Waals surface area contributed by atoms with Crippen LogP contribution in [0.2, 0.25) is 0 Å². The Morgan fingerprint density at radius 2 is 2.29 bits per heavy atom. The van der Waals surface area contributed by atoms with E-state index in [0.29, 0.717) is 5.88 Å². The quantitative estimate of drug-likeness (QED) is 0.814. The van der Waals surface area contributed by atoms with E-state index in [-0.39, 0.29) is 5.41 Å². The molecule has 0 radical (unpaired) electrons. The predicted molar refractivity (Wildman–Crippen MR) is 68.2 cm³/mol. The number of alkyl halides is 1. The Bertz CT molecular complexity index is 285. The number of thiophene rings is 1. The normalized spacial score (nSPS) is 12.0. The molecular formula is C10H15BrClNS. The zero-order valence-corrected chi connectivity index (χ0v) is 11.6. The van der Waals surface area contributed by atoms with Gasteiger partial charge in [0, 0.05) is 33.7 Å². The summed E-state index contributed by atoms with van der Waals surface area (Å²) in [6.07, 6.45) is 0. The van der Waals surface area contributed by atoms with Crippen molar-refractivity contribution in [2.24, 2.45) is 5.41 Å². The Labute approximate surface area is 103 Å². The minimum absolute atomic E-state index is 0.177. The molecule has 0 saturated heterocycles. The Morgan fingerprint density at radius 3 is 2.79 bits per heavy atom. The molecule has 1 aromatic heterocycles. The standard InChI is InChI=1S/C10H15BrClNS/c1-10(2,6-12)7-13-4-9-3-8(11)5-14-9/h3,5,13H,4,6-7H2,1-2H3. The fourth-order valence-electron chi connectivity index (χ4n) is 1.02. The summed E-state index contributed by atoms with van der Waals surface area (Å²) in [5.74, 6) is 0.689. The lowest BCUT2D eigenvalue weighted by Gasteiger charge is -2.21. The van der Waals surface area contributed by atoms with Gasteiger partial charge in [0.05, 0.1) is 0 Å². The lowest BCUT2D eigenvalue weighted by molar-refractivity contribution is 0.386. The molecule has 4 heteroatoms. The fourth-order valence-corrected chi connectivity index (χ4v) is 2.53. The summed E-state index contributed by atoms with van der Waals surface area (Å²) in [7, 11) is 0. The van der Waals surface area contributed by atoms with E-state index in [0.717, 1.165) is 17.6 Å². The maximum absolute atomic E-state index is 5.83. The van der Waals surface area contributed by atoms with Gasteiger partial charge in [-0.1, -0.05) is 13.8 Å². The molecule has 0 spiro atoms. The van der Waals surface area contributed by atoms with Crippen LogP contribution in [-0.2, 0) is 6.54 Å². The van der Waals surface area contributed by atoms with E-state index in [9.17, 15) is 0 Å². The first-order valence-corrected chi connectivity index (χ1v) is 6.74. The molecule has 0 aliphatic heterocycles. The van der Waals surface area contributed by atoms with Crippen LogP contribution in [0.1, 0.15) is 18.7 Å². The topological polar surface area (TPSA) is 12.0 Å². The van der Waals surface area contributed by atoms with Gasteiger partial charge in [-0.25, -0.2) is 0 Å². The SMILES string of the molecule is CC(C)(CCl)CNCc1cc(Br)cs1. The second-order valence-corrected chi connectivity index (χ2v) is 6.31. The molecule has 0 aliphatic carbocycles.